The SMILES string of the molecule is CCCC[Si](CCCC)(CCCC)c1cccc(P(c2cccc([Si](CCCC)(CCCC)CCCC)c2)N(C(C)C)P(c2ccccc2OC(F)(F)F)c2ccccc2OC(F)(F)F)c1. The molecule has 0 aromatic heterocycles. The molecule has 4 rings (SSSR count). The first-order valence-corrected chi connectivity index (χ1v) is 32.7. The van der Waals surface area contributed by atoms with Gasteiger partial charge in [0.2, 0.25) is 0 Å². The van der Waals surface area contributed by atoms with Gasteiger partial charge in [-0.3, -0.25) is 0 Å². The first-order valence-electron chi connectivity index (χ1n) is 24.8. The third-order valence-electron chi connectivity index (χ3n) is 13.0. The Hall–Kier alpha value is -2.69. The third kappa shape index (κ3) is 15.7. The topological polar surface area (TPSA) is 21.7 Å². The van der Waals surface area contributed by atoms with Crippen molar-refractivity contribution in [1.29, 1.82) is 0 Å². The van der Waals surface area contributed by atoms with Crippen LogP contribution in [0.5, 0.6) is 11.5 Å². The lowest BCUT2D eigenvalue weighted by Crippen LogP contribution is -2.49. The zero-order chi connectivity index (χ0) is 48.4. The van der Waals surface area contributed by atoms with Crippen molar-refractivity contribution in [2.45, 2.75) is 187 Å². The van der Waals surface area contributed by atoms with Crippen LogP contribution in [0.15, 0.2) is 97.1 Å². The molecule has 0 N–H and O–H groups in total. The van der Waals surface area contributed by atoms with Gasteiger partial charge in [-0.05, 0) is 48.7 Å². The molecule has 66 heavy (non-hydrogen) atoms. The molecule has 0 unspecified atom stereocenters. The van der Waals surface area contributed by atoms with Crippen molar-refractivity contribution in [2.75, 3.05) is 0 Å². The van der Waals surface area contributed by atoms with Crippen LogP contribution < -0.4 is 41.1 Å². The van der Waals surface area contributed by atoms with E-state index in [1.807, 2.05) is 13.8 Å². The Balaban J connectivity index is 2.22. The highest BCUT2D eigenvalue weighted by molar-refractivity contribution is 7.85. The Bertz CT molecular complexity index is 1850. The van der Waals surface area contributed by atoms with Gasteiger partial charge in [0.1, 0.15) is 11.5 Å². The molecule has 366 valence electrons. The van der Waals surface area contributed by atoms with Crippen LogP contribution in [0.4, 0.5) is 26.3 Å². The molecule has 0 spiro atoms. The molecule has 0 aliphatic rings. The zero-order valence-electron chi connectivity index (χ0n) is 41.0. The van der Waals surface area contributed by atoms with Crippen LogP contribution in [0.25, 0.3) is 0 Å². The Morgan fingerprint density at radius 1 is 0.455 bits per heavy atom. The maximum Gasteiger partial charge on any atom is 0.573 e. The fourth-order valence-corrected chi connectivity index (χ4v) is 27.5. The Labute approximate surface area is 398 Å². The summed E-state index contributed by atoms with van der Waals surface area (Å²) in [4.78, 5) is 0. The highest BCUT2D eigenvalue weighted by atomic mass is 31.2. The molecule has 0 bridgehead atoms. The summed E-state index contributed by atoms with van der Waals surface area (Å²) in [6, 6.07) is 37.0. The number of rotatable bonds is 29. The number of benzene rings is 4. The molecule has 0 amide bonds. The molecule has 0 atom stereocenters. The lowest BCUT2D eigenvalue weighted by molar-refractivity contribution is -0.275. The second-order valence-electron chi connectivity index (χ2n) is 18.4. The van der Waals surface area contributed by atoms with E-state index >= 15 is 0 Å². The van der Waals surface area contributed by atoms with Crippen molar-refractivity contribution in [1.82, 2.24) is 4.44 Å². The van der Waals surface area contributed by atoms with E-state index in [-0.39, 0.29) is 16.7 Å². The lowest BCUT2D eigenvalue weighted by Gasteiger charge is -2.43. The number of alkyl halides is 6. The summed E-state index contributed by atoms with van der Waals surface area (Å²) in [5.41, 5.74) is 0. The van der Waals surface area contributed by atoms with Gasteiger partial charge in [-0.25, -0.2) is 4.44 Å². The zero-order valence-corrected chi connectivity index (χ0v) is 44.8. The number of ether oxygens (including phenoxy) is 2. The molecule has 3 nitrogen and oxygen atoms in total. The normalized spacial score (nSPS) is 12.8. The number of nitrogens with zero attached hydrogens (tertiary/aromatic N) is 1. The fraction of sp³-hybridized carbons (Fsp3) is 0.547. The Kier molecular flexibility index (Phi) is 22.8. The molecule has 13 heteroatoms. The summed E-state index contributed by atoms with van der Waals surface area (Å²) < 4.78 is 98.2. The average Bonchev–Trinajstić information content (AvgIpc) is 3.28. The van der Waals surface area contributed by atoms with E-state index in [1.54, 1.807) is 24.3 Å². The van der Waals surface area contributed by atoms with Crippen LogP contribution in [0, 0.1) is 0 Å². The molecule has 0 aliphatic carbocycles. The van der Waals surface area contributed by atoms with Crippen LogP contribution in [-0.4, -0.2) is 39.4 Å². The van der Waals surface area contributed by atoms with Crippen LogP contribution in [-0.2, 0) is 0 Å². The van der Waals surface area contributed by atoms with Crippen molar-refractivity contribution < 1.29 is 35.8 Å². The van der Waals surface area contributed by atoms with Gasteiger partial charge in [0.25, 0.3) is 0 Å². The van der Waals surface area contributed by atoms with Crippen LogP contribution in [0.2, 0.25) is 36.3 Å². The summed E-state index contributed by atoms with van der Waals surface area (Å²) in [5, 5.41) is 5.29. The first-order chi connectivity index (χ1) is 31.5. The molecule has 0 saturated heterocycles. The second-order valence-corrected chi connectivity index (χ2v) is 32.0. The summed E-state index contributed by atoms with van der Waals surface area (Å²) in [5.74, 6) is -0.868. The molecule has 4 aromatic rings. The highest BCUT2D eigenvalue weighted by Gasteiger charge is 2.43. The van der Waals surface area contributed by atoms with Gasteiger partial charge in [0.15, 0.2) is 0 Å². The molecule has 0 fully saturated rings. The van der Waals surface area contributed by atoms with E-state index in [1.165, 1.54) is 70.9 Å². The molecule has 4 aromatic carbocycles. The maximum atomic E-state index is 14.4. The average molecular weight is 992 g/mol. The molecule has 0 saturated carbocycles. The maximum absolute atomic E-state index is 14.4. The van der Waals surface area contributed by atoms with Gasteiger partial charge in [0, 0.05) is 32.8 Å². The van der Waals surface area contributed by atoms with Crippen molar-refractivity contribution in [3.05, 3.63) is 97.1 Å². The number of unbranched alkanes of at least 4 members (excludes halogenated alkanes) is 6. The van der Waals surface area contributed by atoms with Gasteiger partial charge < -0.3 is 9.47 Å². The molecular formula is C53H77F6NO2P2Si2. The van der Waals surface area contributed by atoms with Gasteiger partial charge in [-0.1, -0.05) is 238 Å². The van der Waals surface area contributed by atoms with E-state index in [2.05, 4.69) is 94.5 Å². The third-order valence-corrected chi connectivity index (χ3v) is 29.9. The van der Waals surface area contributed by atoms with Gasteiger partial charge in [0.05, 0.1) is 16.1 Å². The molecule has 0 radical (unpaired) electrons. The smallest absolute Gasteiger partial charge is 0.405 e. The van der Waals surface area contributed by atoms with Crippen LogP contribution in [0.1, 0.15) is 132 Å². The molecule has 0 aliphatic heterocycles. The summed E-state index contributed by atoms with van der Waals surface area (Å²) in [6.07, 6.45) is 3.46. The second kappa shape index (κ2) is 26.9. The monoisotopic (exact) mass is 991 g/mol. The summed E-state index contributed by atoms with van der Waals surface area (Å²) in [6.45, 7) is 17.6. The van der Waals surface area contributed by atoms with E-state index < -0.39 is 56.5 Å². The number of hydrogen-bond donors (Lipinski definition) is 0. The van der Waals surface area contributed by atoms with Crippen molar-refractivity contribution >= 4 is 63.9 Å². The number of halogens is 6. The standard InChI is InChI=1S/C53H77F6NO2P2Si2/c1-9-15-35-65(36-16-10-2,37-17-11-3)46-29-25-27-44(41-46)63(45-28-26-30-47(42-45)66(38-18-12-4,39-19-13-5)40-20-14-6)60(43(7)8)64(50-33-23-21-31-48(50)61-52(54,55)56)51-34-24-22-32-49(51)62-53(57,58)59/h21-34,41-43H,9-20,35-40H2,1-8H3. The molecule has 0 heterocycles. The summed E-state index contributed by atoms with van der Waals surface area (Å²) >= 11 is 0. The van der Waals surface area contributed by atoms with E-state index in [0.717, 1.165) is 87.7 Å². The van der Waals surface area contributed by atoms with E-state index in [4.69, 9.17) is 9.47 Å². The number of para-hydroxylation sites is 2. The minimum absolute atomic E-state index is 0.173. The molecular weight excluding hydrogens is 915 g/mol. The number of hydrogen-bond acceptors (Lipinski definition) is 3. The predicted molar refractivity (Wildman–Crippen MR) is 278 cm³/mol. The van der Waals surface area contributed by atoms with Gasteiger partial charge in [-0.2, -0.15) is 0 Å². The van der Waals surface area contributed by atoms with Gasteiger partial charge in [-0.15, -0.1) is 26.3 Å². The van der Waals surface area contributed by atoms with E-state index in [9.17, 15) is 26.3 Å². The van der Waals surface area contributed by atoms with Gasteiger partial charge >= 0.3 is 12.7 Å². The quantitative estimate of drug-likeness (QED) is 0.0307. The largest absolute Gasteiger partial charge is 0.573 e. The predicted octanol–water partition coefficient (Wildman–Crippen LogP) is 15.7. The highest BCUT2D eigenvalue weighted by Crippen LogP contribution is 2.58. The minimum Gasteiger partial charge on any atom is -0.405 e. The Morgan fingerprint density at radius 2 is 0.773 bits per heavy atom. The summed E-state index contributed by atoms with van der Waals surface area (Å²) in [7, 11) is -7.93. The first kappa shape index (κ1) is 55.9. The van der Waals surface area contributed by atoms with Crippen LogP contribution >= 0.6 is 16.1 Å². The van der Waals surface area contributed by atoms with Crippen molar-refractivity contribution in [3.63, 3.8) is 0 Å². The minimum atomic E-state index is -5.04. The fourth-order valence-electron chi connectivity index (χ4n) is 9.62. The van der Waals surface area contributed by atoms with Crippen molar-refractivity contribution in [2.24, 2.45) is 0 Å². The lowest BCUT2D eigenvalue weighted by atomic mass is 10.3. The van der Waals surface area contributed by atoms with E-state index in [0.29, 0.717) is 0 Å². The Morgan fingerprint density at radius 3 is 1.06 bits per heavy atom. The van der Waals surface area contributed by atoms with Crippen LogP contribution in [0.3, 0.4) is 0 Å². The van der Waals surface area contributed by atoms with Crippen molar-refractivity contribution in [3.8, 4) is 11.5 Å².